The molecule has 6 heteroatoms. The van der Waals surface area contributed by atoms with Gasteiger partial charge in [-0.05, 0) is 42.2 Å². The molecule has 124 valence electrons. The second-order valence-corrected chi connectivity index (χ2v) is 6.87. The predicted octanol–water partition coefficient (Wildman–Crippen LogP) is 4.46. The number of hydrogen-bond acceptors (Lipinski definition) is 2. The summed E-state index contributed by atoms with van der Waals surface area (Å²) in [6.45, 7) is 1.77. The number of hydrogen-bond donors (Lipinski definition) is 1. The zero-order valence-electron chi connectivity index (χ0n) is 12.7. The van der Waals surface area contributed by atoms with E-state index in [1.165, 1.54) is 12.1 Å². The highest BCUT2D eigenvalue weighted by Gasteiger charge is 2.45. The molecule has 3 rings (SSSR count). The van der Waals surface area contributed by atoms with Crippen LogP contribution in [0, 0.1) is 5.82 Å². The molecule has 0 radical (unpaired) electrons. The second kappa shape index (κ2) is 5.87. The Bertz CT molecular complexity index is 862. The summed E-state index contributed by atoms with van der Waals surface area (Å²) in [5, 5.41) is 9.16. The Morgan fingerprint density at radius 3 is 2.46 bits per heavy atom. The largest absolute Gasteiger partial charge is 0.481 e. The number of carbonyl (C=O) groups excluding carboxylic acids is 1. The van der Waals surface area contributed by atoms with Crippen LogP contribution >= 0.6 is 23.2 Å². The van der Waals surface area contributed by atoms with Gasteiger partial charge in [0, 0.05) is 5.56 Å². The van der Waals surface area contributed by atoms with Crippen molar-refractivity contribution in [1.29, 1.82) is 0 Å². The van der Waals surface area contributed by atoms with Gasteiger partial charge in [0.05, 0.1) is 21.9 Å². The van der Waals surface area contributed by atoms with Crippen molar-refractivity contribution in [2.45, 2.75) is 25.2 Å². The van der Waals surface area contributed by atoms with Crippen molar-refractivity contribution in [1.82, 2.24) is 0 Å². The topological polar surface area (TPSA) is 54.4 Å². The molecule has 0 heterocycles. The van der Waals surface area contributed by atoms with Crippen molar-refractivity contribution in [2.24, 2.45) is 0 Å². The van der Waals surface area contributed by atoms with E-state index in [4.69, 9.17) is 28.3 Å². The summed E-state index contributed by atoms with van der Waals surface area (Å²) in [4.78, 5) is 23.9. The summed E-state index contributed by atoms with van der Waals surface area (Å²) in [5.41, 5.74) is 1.16. The number of carbonyl (C=O) groups is 2. The van der Waals surface area contributed by atoms with Gasteiger partial charge in [0.25, 0.3) is 0 Å². The zero-order valence-corrected chi connectivity index (χ0v) is 14.2. The van der Waals surface area contributed by atoms with Gasteiger partial charge < -0.3 is 5.11 Å². The minimum atomic E-state index is -1.03. The third kappa shape index (κ3) is 2.60. The first-order valence-corrected chi connectivity index (χ1v) is 8.02. The maximum atomic E-state index is 13.2. The lowest BCUT2D eigenvalue weighted by molar-refractivity contribution is -0.136. The molecule has 1 N–H and O–H groups in total. The van der Waals surface area contributed by atoms with Crippen LogP contribution in [0.2, 0.25) is 10.0 Å². The molecule has 3 nitrogen and oxygen atoms in total. The van der Waals surface area contributed by atoms with E-state index in [9.17, 15) is 14.0 Å². The molecule has 0 saturated carbocycles. The Labute approximate surface area is 148 Å². The first-order valence-electron chi connectivity index (χ1n) is 7.26. The maximum absolute atomic E-state index is 13.2. The number of aliphatic carboxylic acids is 1. The van der Waals surface area contributed by atoms with Crippen molar-refractivity contribution in [3.05, 3.63) is 68.4 Å². The van der Waals surface area contributed by atoms with Crippen LogP contribution in [-0.2, 0) is 23.1 Å². The molecular formula is C18H13Cl2FO3. The van der Waals surface area contributed by atoms with Crippen molar-refractivity contribution < 1.29 is 19.1 Å². The second-order valence-electron chi connectivity index (χ2n) is 6.11. The summed E-state index contributed by atoms with van der Waals surface area (Å²) < 4.78 is 13.2. The van der Waals surface area contributed by atoms with E-state index in [0.29, 0.717) is 28.7 Å². The Kier molecular flexibility index (Phi) is 4.14. The SMILES string of the molecule is CC1(c2ccc(F)cc2)Cc2cc(CC(=O)O)c(Cl)c(Cl)c2C1=O. The lowest BCUT2D eigenvalue weighted by Gasteiger charge is -2.22. The Hall–Kier alpha value is -1.91. The molecular weight excluding hydrogens is 354 g/mol. The van der Waals surface area contributed by atoms with Crippen LogP contribution < -0.4 is 0 Å². The average molecular weight is 367 g/mol. The molecule has 0 amide bonds. The van der Waals surface area contributed by atoms with Crippen LogP contribution in [0.5, 0.6) is 0 Å². The minimum Gasteiger partial charge on any atom is -0.481 e. The van der Waals surface area contributed by atoms with Gasteiger partial charge in [0.1, 0.15) is 5.82 Å². The van der Waals surface area contributed by atoms with Gasteiger partial charge in [-0.1, -0.05) is 41.4 Å². The molecule has 1 aliphatic rings. The van der Waals surface area contributed by atoms with Crippen molar-refractivity contribution in [3.63, 3.8) is 0 Å². The predicted molar refractivity (Wildman–Crippen MR) is 89.6 cm³/mol. The summed E-state index contributed by atoms with van der Waals surface area (Å²) in [6, 6.07) is 7.40. The van der Waals surface area contributed by atoms with E-state index in [1.54, 1.807) is 25.1 Å². The van der Waals surface area contributed by atoms with E-state index in [-0.39, 0.29) is 28.1 Å². The zero-order chi connectivity index (χ0) is 17.6. The molecule has 0 bridgehead atoms. The van der Waals surface area contributed by atoms with E-state index in [1.807, 2.05) is 0 Å². The fraction of sp³-hybridized carbons (Fsp3) is 0.222. The van der Waals surface area contributed by atoms with Crippen LogP contribution in [0.15, 0.2) is 30.3 Å². The molecule has 1 unspecified atom stereocenters. The molecule has 0 aliphatic heterocycles. The van der Waals surface area contributed by atoms with Gasteiger partial charge in [0.15, 0.2) is 5.78 Å². The van der Waals surface area contributed by atoms with Crippen LogP contribution in [0.3, 0.4) is 0 Å². The highest BCUT2D eigenvalue weighted by Crippen LogP contribution is 2.45. The first-order chi connectivity index (χ1) is 11.2. The molecule has 1 atom stereocenters. The standard InChI is InChI=1S/C18H13Cl2FO3/c1-18(11-2-4-12(21)5-3-11)8-10-6-9(7-13(22)23)15(19)16(20)14(10)17(18)24/h2-6H,7-8H2,1H3,(H,22,23). The number of carboxylic acids is 1. The first kappa shape index (κ1) is 16.9. The van der Waals surface area contributed by atoms with Crippen LogP contribution in [0.25, 0.3) is 0 Å². The maximum Gasteiger partial charge on any atom is 0.307 e. The minimum absolute atomic E-state index is 0.0845. The van der Waals surface area contributed by atoms with E-state index in [0.717, 1.165) is 0 Å². The van der Waals surface area contributed by atoms with Crippen molar-refractivity contribution in [3.8, 4) is 0 Å². The molecule has 0 saturated heterocycles. The smallest absolute Gasteiger partial charge is 0.307 e. The van der Waals surface area contributed by atoms with Crippen LogP contribution in [0.1, 0.15) is 34.0 Å². The number of halogens is 3. The van der Waals surface area contributed by atoms with Gasteiger partial charge in [-0.3, -0.25) is 9.59 Å². The van der Waals surface area contributed by atoms with Gasteiger partial charge in [-0.25, -0.2) is 4.39 Å². The quantitative estimate of drug-likeness (QED) is 0.872. The Morgan fingerprint density at radius 1 is 1.25 bits per heavy atom. The fourth-order valence-electron chi connectivity index (χ4n) is 3.20. The van der Waals surface area contributed by atoms with Gasteiger partial charge in [-0.15, -0.1) is 0 Å². The monoisotopic (exact) mass is 366 g/mol. The molecule has 2 aromatic carbocycles. The van der Waals surface area contributed by atoms with Crippen LogP contribution in [-0.4, -0.2) is 16.9 Å². The van der Waals surface area contributed by atoms with Crippen molar-refractivity contribution >= 4 is 35.0 Å². The number of rotatable bonds is 3. The van der Waals surface area contributed by atoms with Crippen molar-refractivity contribution in [2.75, 3.05) is 0 Å². The molecule has 24 heavy (non-hydrogen) atoms. The summed E-state index contributed by atoms with van der Waals surface area (Å²) in [6.07, 6.45) is 0.0869. The molecule has 0 fully saturated rings. The number of carboxylic acid groups (broad SMARTS) is 1. The molecule has 0 aromatic heterocycles. The molecule has 0 spiro atoms. The number of ketones is 1. The van der Waals surface area contributed by atoms with Gasteiger partial charge in [-0.2, -0.15) is 0 Å². The van der Waals surface area contributed by atoms with Gasteiger partial charge in [0.2, 0.25) is 0 Å². The Morgan fingerprint density at radius 2 is 1.88 bits per heavy atom. The number of benzene rings is 2. The number of Topliss-reactive ketones (excluding diaryl/α,β-unsaturated/α-hetero) is 1. The van der Waals surface area contributed by atoms with E-state index < -0.39 is 11.4 Å². The highest BCUT2D eigenvalue weighted by atomic mass is 35.5. The van der Waals surface area contributed by atoms with E-state index in [2.05, 4.69) is 0 Å². The molecule has 1 aliphatic carbocycles. The summed E-state index contributed by atoms with van der Waals surface area (Å²) >= 11 is 12.4. The summed E-state index contributed by atoms with van der Waals surface area (Å²) in [7, 11) is 0. The number of fused-ring (bicyclic) bond motifs is 1. The van der Waals surface area contributed by atoms with Gasteiger partial charge >= 0.3 is 5.97 Å². The highest BCUT2D eigenvalue weighted by molar-refractivity contribution is 6.45. The normalized spacial score (nSPS) is 19.4. The third-order valence-corrected chi connectivity index (χ3v) is 5.37. The lowest BCUT2D eigenvalue weighted by atomic mass is 9.79. The molecule has 2 aromatic rings. The third-order valence-electron chi connectivity index (χ3n) is 4.46. The average Bonchev–Trinajstić information content (AvgIpc) is 2.77. The van der Waals surface area contributed by atoms with E-state index >= 15 is 0 Å². The summed E-state index contributed by atoms with van der Waals surface area (Å²) in [5.74, 6) is -1.61. The lowest BCUT2D eigenvalue weighted by Crippen LogP contribution is -2.29. The van der Waals surface area contributed by atoms with Crippen LogP contribution in [0.4, 0.5) is 4.39 Å². The fourth-order valence-corrected chi connectivity index (χ4v) is 3.75. The Balaban J connectivity index is 2.11.